The Hall–Kier alpha value is -0.570. The van der Waals surface area contributed by atoms with Crippen LogP contribution in [0.3, 0.4) is 0 Å². The van der Waals surface area contributed by atoms with Crippen molar-refractivity contribution in [1.29, 1.82) is 0 Å². The largest absolute Gasteiger partial charge is 0.339 e. The monoisotopic (exact) mass is 182 g/mol. The number of nitrogens with two attached hydrogens (primary N) is 1. The van der Waals surface area contributed by atoms with E-state index in [1.807, 2.05) is 4.90 Å². The van der Waals surface area contributed by atoms with E-state index >= 15 is 0 Å². The van der Waals surface area contributed by atoms with E-state index in [2.05, 4.69) is 0 Å². The molecule has 1 saturated heterocycles. The van der Waals surface area contributed by atoms with Gasteiger partial charge in [0.2, 0.25) is 5.91 Å². The number of hydrogen-bond donors (Lipinski definition) is 1. The highest BCUT2D eigenvalue weighted by Crippen LogP contribution is 2.28. The lowest BCUT2D eigenvalue weighted by Gasteiger charge is -2.37. The molecule has 0 aromatic rings. The van der Waals surface area contributed by atoms with Crippen molar-refractivity contribution in [3.05, 3.63) is 0 Å². The van der Waals surface area contributed by atoms with Crippen molar-refractivity contribution in [3.8, 4) is 0 Å². The Bertz CT molecular complexity index is 193. The summed E-state index contributed by atoms with van der Waals surface area (Å²) in [4.78, 5) is 13.5. The minimum atomic E-state index is 0.243. The lowest BCUT2D eigenvalue weighted by molar-refractivity contribution is -0.136. The summed E-state index contributed by atoms with van der Waals surface area (Å²) in [6, 6.07) is 0.243. The summed E-state index contributed by atoms with van der Waals surface area (Å²) in [6.45, 7) is 1.57. The summed E-state index contributed by atoms with van der Waals surface area (Å²) in [6.07, 6.45) is 5.92. The van der Waals surface area contributed by atoms with Gasteiger partial charge in [0, 0.05) is 25.6 Å². The van der Waals surface area contributed by atoms with Crippen molar-refractivity contribution in [2.24, 2.45) is 11.7 Å². The highest BCUT2D eigenvalue weighted by atomic mass is 16.2. The zero-order valence-electron chi connectivity index (χ0n) is 8.04. The molecule has 3 heteroatoms. The molecule has 0 atom stereocenters. The van der Waals surface area contributed by atoms with Gasteiger partial charge in [-0.15, -0.1) is 0 Å². The van der Waals surface area contributed by atoms with E-state index in [4.69, 9.17) is 5.73 Å². The Balaban J connectivity index is 1.72. The Morgan fingerprint density at radius 3 is 2.46 bits per heavy atom. The number of carbonyl (C=O) groups excluding carboxylic acids is 1. The minimum absolute atomic E-state index is 0.243. The maximum Gasteiger partial charge on any atom is 0.222 e. The van der Waals surface area contributed by atoms with Gasteiger partial charge in [0.15, 0.2) is 0 Å². The number of hydrogen-bond acceptors (Lipinski definition) is 2. The van der Waals surface area contributed by atoms with Gasteiger partial charge in [-0.2, -0.15) is 0 Å². The van der Waals surface area contributed by atoms with Crippen LogP contribution >= 0.6 is 0 Å². The summed E-state index contributed by atoms with van der Waals surface area (Å²) in [7, 11) is 0. The van der Waals surface area contributed by atoms with Gasteiger partial charge in [-0.1, -0.05) is 12.8 Å². The number of carbonyl (C=O) groups is 1. The quantitative estimate of drug-likeness (QED) is 0.684. The zero-order valence-corrected chi connectivity index (χ0v) is 8.04. The molecule has 1 heterocycles. The van der Waals surface area contributed by atoms with Crippen molar-refractivity contribution < 1.29 is 4.79 Å². The third-order valence-corrected chi connectivity index (χ3v) is 3.20. The first-order valence-corrected chi connectivity index (χ1v) is 5.29. The summed E-state index contributed by atoms with van der Waals surface area (Å²) in [5.41, 5.74) is 5.62. The standard InChI is InChI=1S/C10H18N2O/c11-9-6-12(7-9)10(13)5-8-3-1-2-4-8/h8-9H,1-7,11H2. The molecule has 2 N–H and O–H groups in total. The fraction of sp³-hybridized carbons (Fsp3) is 0.900. The SMILES string of the molecule is NC1CN(C(=O)CC2CCCC2)C1. The number of likely N-dealkylation sites (tertiary alicyclic amines) is 1. The van der Waals surface area contributed by atoms with Gasteiger partial charge in [-0.25, -0.2) is 0 Å². The molecule has 3 nitrogen and oxygen atoms in total. The summed E-state index contributed by atoms with van der Waals surface area (Å²) < 4.78 is 0. The highest BCUT2D eigenvalue weighted by Gasteiger charge is 2.29. The van der Waals surface area contributed by atoms with Crippen LogP contribution in [0.5, 0.6) is 0 Å². The maximum absolute atomic E-state index is 11.6. The van der Waals surface area contributed by atoms with E-state index < -0.39 is 0 Å². The van der Waals surface area contributed by atoms with Crippen LogP contribution < -0.4 is 5.73 Å². The second kappa shape index (κ2) is 3.66. The topological polar surface area (TPSA) is 46.3 Å². The smallest absolute Gasteiger partial charge is 0.222 e. The van der Waals surface area contributed by atoms with Crippen LogP contribution in [0.25, 0.3) is 0 Å². The molecule has 1 amide bonds. The Kier molecular flexibility index (Phi) is 2.54. The van der Waals surface area contributed by atoms with Crippen molar-refractivity contribution in [2.45, 2.75) is 38.1 Å². The van der Waals surface area contributed by atoms with E-state index in [9.17, 15) is 4.79 Å². The molecular weight excluding hydrogens is 164 g/mol. The first-order valence-electron chi connectivity index (χ1n) is 5.29. The molecule has 1 saturated carbocycles. The van der Waals surface area contributed by atoms with Crippen LogP contribution in [0.15, 0.2) is 0 Å². The molecule has 1 aliphatic heterocycles. The molecule has 74 valence electrons. The van der Waals surface area contributed by atoms with Gasteiger partial charge < -0.3 is 10.6 Å². The van der Waals surface area contributed by atoms with Crippen molar-refractivity contribution in [2.75, 3.05) is 13.1 Å². The number of nitrogens with zero attached hydrogens (tertiary/aromatic N) is 1. The van der Waals surface area contributed by atoms with Gasteiger partial charge in [-0.05, 0) is 18.8 Å². The van der Waals surface area contributed by atoms with E-state index in [1.165, 1.54) is 25.7 Å². The Morgan fingerprint density at radius 2 is 1.92 bits per heavy atom. The molecule has 0 unspecified atom stereocenters. The minimum Gasteiger partial charge on any atom is -0.339 e. The fourth-order valence-electron chi connectivity index (χ4n) is 2.31. The average Bonchev–Trinajstić information content (AvgIpc) is 2.51. The molecule has 2 fully saturated rings. The first-order chi connectivity index (χ1) is 6.25. The van der Waals surface area contributed by atoms with Crippen LogP contribution in [-0.4, -0.2) is 29.9 Å². The molecule has 0 aromatic heterocycles. The van der Waals surface area contributed by atoms with Crippen LogP contribution in [0, 0.1) is 5.92 Å². The van der Waals surface area contributed by atoms with Crippen LogP contribution in [0.2, 0.25) is 0 Å². The molecule has 2 aliphatic rings. The van der Waals surface area contributed by atoms with Gasteiger partial charge in [0.1, 0.15) is 0 Å². The third-order valence-electron chi connectivity index (χ3n) is 3.20. The molecule has 2 rings (SSSR count). The van der Waals surface area contributed by atoms with Gasteiger partial charge in [0.05, 0.1) is 0 Å². The number of amides is 1. The molecule has 0 aromatic carbocycles. The van der Waals surface area contributed by atoms with Crippen LogP contribution in [0.1, 0.15) is 32.1 Å². The lowest BCUT2D eigenvalue weighted by atomic mass is 10.0. The highest BCUT2D eigenvalue weighted by molar-refractivity contribution is 5.77. The molecular formula is C10H18N2O. The van der Waals surface area contributed by atoms with Crippen LogP contribution in [-0.2, 0) is 4.79 Å². The summed E-state index contributed by atoms with van der Waals surface area (Å²) in [5.74, 6) is 0.998. The maximum atomic E-state index is 11.6. The zero-order chi connectivity index (χ0) is 9.26. The average molecular weight is 182 g/mol. The van der Waals surface area contributed by atoms with Crippen molar-refractivity contribution in [1.82, 2.24) is 4.90 Å². The van der Waals surface area contributed by atoms with Gasteiger partial charge >= 0.3 is 0 Å². The van der Waals surface area contributed by atoms with Gasteiger partial charge in [0.25, 0.3) is 0 Å². The molecule has 0 bridgehead atoms. The first kappa shape index (κ1) is 9.00. The number of rotatable bonds is 2. The molecule has 0 radical (unpaired) electrons. The van der Waals surface area contributed by atoms with E-state index in [-0.39, 0.29) is 6.04 Å². The predicted molar refractivity (Wildman–Crippen MR) is 51.1 cm³/mol. The summed E-state index contributed by atoms with van der Waals surface area (Å²) in [5, 5.41) is 0. The fourth-order valence-corrected chi connectivity index (χ4v) is 2.31. The summed E-state index contributed by atoms with van der Waals surface area (Å²) >= 11 is 0. The Morgan fingerprint density at radius 1 is 1.31 bits per heavy atom. The third kappa shape index (κ3) is 2.02. The van der Waals surface area contributed by atoms with Crippen LogP contribution in [0.4, 0.5) is 0 Å². The lowest BCUT2D eigenvalue weighted by Crippen LogP contribution is -2.58. The van der Waals surface area contributed by atoms with E-state index in [0.717, 1.165) is 19.5 Å². The predicted octanol–water partition coefficient (Wildman–Crippen LogP) is 0.736. The van der Waals surface area contributed by atoms with Gasteiger partial charge in [-0.3, -0.25) is 4.79 Å². The van der Waals surface area contributed by atoms with E-state index in [1.54, 1.807) is 0 Å². The van der Waals surface area contributed by atoms with Crippen molar-refractivity contribution in [3.63, 3.8) is 0 Å². The van der Waals surface area contributed by atoms with Crippen molar-refractivity contribution >= 4 is 5.91 Å². The molecule has 1 aliphatic carbocycles. The Labute approximate surface area is 79.3 Å². The second-order valence-corrected chi connectivity index (χ2v) is 4.41. The second-order valence-electron chi connectivity index (χ2n) is 4.41. The van der Waals surface area contributed by atoms with E-state index in [0.29, 0.717) is 11.8 Å². The molecule has 13 heavy (non-hydrogen) atoms. The normalized spacial score (nSPS) is 24.8. The molecule has 0 spiro atoms.